The highest BCUT2D eigenvalue weighted by molar-refractivity contribution is 5.95. The molecule has 152 valence electrons. The van der Waals surface area contributed by atoms with Gasteiger partial charge in [-0.3, -0.25) is 4.79 Å². The number of nitrogens with one attached hydrogen (secondary N) is 1. The number of halogens is 1. The number of fused-ring (bicyclic) bond motifs is 1. The van der Waals surface area contributed by atoms with Gasteiger partial charge in [0.05, 0.1) is 5.41 Å². The van der Waals surface area contributed by atoms with Crippen molar-refractivity contribution in [2.24, 2.45) is 11.1 Å². The van der Waals surface area contributed by atoms with E-state index in [0.29, 0.717) is 32.6 Å². The molecular formula is C20H28ClN5O2. The van der Waals surface area contributed by atoms with Gasteiger partial charge in [0.15, 0.2) is 5.82 Å². The van der Waals surface area contributed by atoms with Crippen molar-refractivity contribution in [3.05, 3.63) is 30.1 Å². The number of benzene rings is 1. The van der Waals surface area contributed by atoms with Crippen molar-refractivity contribution < 1.29 is 9.53 Å². The van der Waals surface area contributed by atoms with E-state index in [9.17, 15) is 4.79 Å². The monoisotopic (exact) mass is 405 g/mol. The molecule has 2 aliphatic rings. The average molecular weight is 406 g/mol. The van der Waals surface area contributed by atoms with Crippen molar-refractivity contribution in [2.75, 3.05) is 25.1 Å². The number of rotatable bonds is 4. The molecule has 2 aliphatic heterocycles. The van der Waals surface area contributed by atoms with E-state index in [-0.39, 0.29) is 18.3 Å². The van der Waals surface area contributed by atoms with Crippen LogP contribution in [0.4, 0.5) is 5.69 Å². The number of carbonyl (C=O) groups is 1. The molecule has 1 saturated heterocycles. The van der Waals surface area contributed by atoms with Crippen molar-refractivity contribution in [2.45, 2.75) is 45.1 Å². The van der Waals surface area contributed by atoms with Gasteiger partial charge in [0.1, 0.15) is 5.82 Å². The van der Waals surface area contributed by atoms with Gasteiger partial charge in [-0.1, -0.05) is 6.42 Å². The zero-order valence-corrected chi connectivity index (χ0v) is 16.8. The van der Waals surface area contributed by atoms with Crippen LogP contribution in [0.1, 0.15) is 37.9 Å². The van der Waals surface area contributed by atoms with Crippen molar-refractivity contribution >= 4 is 24.0 Å². The Morgan fingerprint density at radius 2 is 1.89 bits per heavy atom. The van der Waals surface area contributed by atoms with Crippen LogP contribution in [0.25, 0.3) is 11.4 Å². The first-order valence-electron chi connectivity index (χ1n) is 9.84. The topological polar surface area (TPSA) is 95.1 Å². The number of nitrogens with zero attached hydrogens (tertiary/aromatic N) is 3. The van der Waals surface area contributed by atoms with E-state index >= 15 is 0 Å². The lowest BCUT2D eigenvalue weighted by molar-refractivity contribution is -0.130. The van der Waals surface area contributed by atoms with Crippen molar-refractivity contribution in [3.8, 4) is 11.4 Å². The normalized spacial score (nSPS) is 18.5. The van der Waals surface area contributed by atoms with Crippen molar-refractivity contribution in [1.82, 2.24) is 14.8 Å². The van der Waals surface area contributed by atoms with E-state index < -0.39 is 5.41 Å². The molecule has 3 heterocycles. The zero-order valence-electron chi connectivity index (χ0n) is 16.0. The molecule has 7 nitrogen and oxygen atoms in total. The Kier molecular flexibility index (Phi) is 6.69. The van der Waals surface area contributed by atoms with Gasteiger partial charge in [0.25, 0.3) is 0 Å². The number of carbonyl (C=O) groups excluding carboxylic acids is 1. The van der Waals surface area contributed by atoms with Gasteiger partial charge in [-0.15, -0.1) is 22.6 Å². The first-order valence-corrected chi connectivity index (χ1v) is 9.84. The third kappa shape index (κ3) is 4.06. The molecule has 0 unspecified atom stereocenters. The Morgan fingerprint density at radius 3 is 2.61 bits per heavy atom. The fourth-order valence-corrected chi connectivity index (χ4v) is 3.95. The second-order valence-electron chi connectivity index (χ2n) is 7.53. The second-order valence-corrected chi connectivity index (χ2v) is 7.53. The molecule has 8 heteroatoms. The summed E-state index contributed by atoms with van der Waals surface area (Å²) in [5.74, 6) is 1.97. The van der Waals surface area contributed by atoms with E-state index in [2.05, 4.69) is 20.1 Å². The molecule has 1 aromatic heterocycles. The number of aryl methyl sites for hydroxylation is 1. The van der Waals surface area contributed by atoms with Gasteiger partial charge in [0, 0.05) is 44.0 Å². The minimum Gasteiger partial charge on any atom is -0.381 e. The maximum Gasteiger partial charge on any atom is 0.232 e. The van der Waals surface area contributed by atoms with E-state index in [1.54, 1.807) is 0 Å². The van der Waals surface area contributed by atoms with Crippen LogP contribution in [-0.4, -0.2) is 40.4 Å². The van der Waals surface area contributed by atoms with Crippen LogP contribution >= 0.6 is 12.4 Å². The lowest BCUT2D eigenvalue weighted by Gasteiger charge is -2.34. The minimum absolute atomic E-state index is 0. The Hall–Kier alpha value is -1.96. The molecule has 2 aromatic rings. The fourth-order valence-electron chi connectivity index (χ4n) is 3.95. The molecule has 1 aromatic carbocycles. The highest BCUT2D eigenvalue weighted by atomic mass is 35.5. The highest BCUT2D eigenvalue weighted by Gasteiger charge is 2.38. The smallest absolute Gasteiger partial charge is 0.232 e. The molecule has 0 spiro atoms. The molecular weight excluding hydrogens is 378 g/mol. The van der Waals surface area contributed by atoms with Gasteiger partial charge in [-0.2, -0.15) is 0 Å². The number of nitrogens with two attached hydrogens (primary N) is 1. The van der Waals surface area contributed by atoms with Crippen LogP contribution in [-0.2, 0) is 22.5 Å². The molecule has 1 amide bonds. The maximum absolute atomic E-state index is 12.8. The van der Waals surface area contributed by atoms with E-state index in [4.69, 9.17) is 10.5 Å². The highest BCUT2D eigenvalue weighted by Crippen LogP contribution is 2.31. The third-order valence-electron chi connectivity index (χ3n) is 5.83. The van der Waals surface area contributed by atoms with Crippen molar-refractivity contribution in [3.63, 3.8) is 0 Å². The summed E-state index contributed by atoms with van der Waals surface area (Å²) in [6.45, 7) is 2.48. The van der Waals surface area contributed by atoms with Crippen molar-refractivity contribution in [1.29, 1.82) is 0 Å². The standard InChI is InChI=1S/C20H27N5O2.ClH/c21-14-20(9-12-27-13-10-20)19(26)22-16-7-5-15(6-8-16)18-24-23-17-4-2-1-3-11-25(17)18;/h5-8H,1-4,9-14,21H2,(H,22,26);1H. The molecule has 0 bridgehead atoms. The number of ether oxygens (including phenoxy) is 1. The van der Waals surface area contributed by atoms with E-state index in [0.717, 1.165) is 42.3 Å². The lowest BCUT2D eigenvalue weighted by atomic mass is 9.79. The molecule has 3 N–H and O–H groups in total. The van der Waals surface area contributed by atoms with Gasteiger partial charge in [-0.25, -0.2) is 0 Å². The first kappa shape index (κ1) is 20.8. The quantitative estimate of drug-likeness (QED) is 0.815. The van der Waals surface area contributed by atoms with Crippen LogP contribution in [0, 0.1) is 5.41 Å². The molecule has 0 saturated carbocycles. The minimum atomic E-state index is -0.527. The molecule has 0 aliphatic carbocycles. The summed E-state index contributed by atoms with van der Waals surface area (Å²) >= 11 is 0. The van der Waals surface area contributed by atoms with Gasteiger partial charge >= 0.3 is 0 Å². The van der Waals surface area contributed by atoms with Crippen LogP contribution in [0.5, 0.6) is 0 Å². The molecule has 4 rings (SSSR count). The molecule has 0 radical (unpaired) electrons. The van der Waals surface area contributed by atoms with Crippen LogP contribution in [0.2, 0.25) is 0 Å². The summed E-state index contributed by atoms with van der Waals surface area (Å²) < 4.78 is 7.62. The Morgan fingerprint density at radius 1 is 1.14 bits per heavy atom. The third-order valence-corrected chi connectivity index (χ3v) is 5.83. The van der Waals surface area contributed by atoms with Crippen LogP contribution in [0.3, 0.4) is 0 Å². The number of hydrogen-bond acceptors (Lipinski definition) is 5. The number of anilines is 1. The molecule has 1 fully saturated rings. The Bertz CT molecular complexity index is 799. The van der Waals surface area contributed by atoms with Gasteiger partial charge < -0.3 is 20.4 Å². The fraction of sp³-hybridized carbons (Fsp3) is 0.550. The predicted molar refractivity (Wildman–Crippen MR) is 110 cm³/mol. The maximum atomic E-state index is 12.8. The average Bonchev–Trinajstić information content (AvgIpc) is 2.97. The summed E-state index contributed by atoms with van der Waals surface area (Å²) in [5, 5.41) is 11.8. The first-order chi connectivity index (χ1) is 13.2. The Labute approximate surface area is 171 Å². The summed E-state index contributed by atoms with van der Waals surface area (Å²) in [7, 11) is 0. The number of amides is 1. The largest absolute Gasteiger partial charge is 0.381 e. The SMILES string of the molecule is Cl.NCC1(C(=O)Nc2ccc(-c3nnc4n3CCCCC4)cc2)CCOCC1. The van der Waals surface area contributed by atoms with E-state index in [1.807, 2.05) is 24.3 Å². The van der Waals surface area contributed by atoms with Crippen LogP contribution in [0.15, 0.2) is 24.3 Å². The summed E-state index contributed by atoms with van der Waals surface area (Å²) in [4.78, 5) is 12.8. The molecule has 0 atom stereocenters. The zero-order chi connectivity index (χ0) is 18.7. The predicted octanol–water partition coefficient (Wildman–Crippen LogP) is 2.79. The summed E-state index contributed by atoms with van der Waals surface area (Å²) in [6, 6.07) is 7.85. The summed E-state index contributed by atoms with van der Waals surface area (Å²) in [6.07, 6.45) is 5.90. The molecule has 28 heavy (non-hydrogen) atoms. The summed E-state index contributed by atoms with van der Waals surface area (Å²) in [5.41, 5.74) is 7.20. The van der Waals surface area contributed by atoms with Gasteiger partial charge in [0.2, 0.25) is 5.91 Å². The van der Waals surface area contributed by atoms with Crippen LogP contribution < -0.4 is 11.1 Å². The van der Waals surface area contributed by atoms with Gasteiger partial charge in [-0.05, 0) is 49.9 Å². The number of hydrogen-bond donors (Lipinski definition) is 2. The Balaban J connectivity index is 0.00000225. The second kappa shape index (κ2) is 9.03. The number of aromatic nitrogens is 3. The lowest BCUT2D eigenvalue weighted by Crippen LogP contribution is -2.46. The van der Waals surface area contributed by atoms with E-state index in [1.165, 1.54) is 12.8 Å².